The number of halogens is 1. The van der Waals surface area contributed by atoms with Crippen molar-refractivity contribution in [3.8, 4) is 6.07 Å². The fourth-order valence-corrected chi connectivity index (χ4v) is 1.45. The molecule has 1 aromatic carbocycles. The van der Waals surface area contributed by atoms with Gasteiger partial charge in [0.15, 0.2) is 0 Å². The van der Waals surface area contributed by atoms with Gasteiger partial charge >= 0.3 is 0 Å². The molecule has 0 atom stereocenters. The van der Waals surface area contributed by atoms with Crippen molar-refractivity contribution < 1.29 is 4.92 Å². The van der Waals surface area contributed by atoms with Gasteiger partial charge < -0.3 is 0 Å². The Kier molecular flexibility index (Phi) is 3.60. The molecule has 4 nitrogen and oxygen atoms in total. The molecular formula is C9H7BrN2O2. The summed E-state index contributed by atoms with van der Waals surface area (Å²) in [6.45, 7) is 0. The molecule has 0 unspecified atom stereocenters. The van der Waals surface area contributed by atoms with E-state index in [1.165, 1.54) is 6.07 Å². The molecule has 0 aliphatic heterocycles. The second-order valence-electron chi connectivity index (χ2n) is 2.70. The Morgan fingerprint density at radius 3 is 2.86 bits per heavy atom. The van der Waals surface area contributed by atoms with E-state index < -0.39 is 4.92 Å². The Morgan fingerprint density at radius 2 is 2.29 bits per heavy atom. The van der Waals surface area contributed by atoms with Crippen LogP contribution in [0.25, 0.3) is 0 Å². The maximum Gasteiger partial charge on any atom is 0.283 e. The van der Waals surface area contributed by atoms with Gasteiger partial charge in [0.2, 0.25) is 0 Å². The molecule has 0 aromatic heterocycles. The lowest BCUT2D eigenvalue weighted by Crippen LogP contribution is -1.92. The largest absolute Gasteiger partial charge is 0.283 e. The molecule has 0 aliphatic rings. The Labute approximate surface area is 89.4 Å². The van der Waals surface area contributed by atoms with E-state index in [1.807, 2.05) is 6.07 Å². The number of hydrogen-bond acceptors (Lipinski definition) is 3. The van der Waals surface area contributed by atoms with Crippen LogP contribution in [-0.2, 0) is 6.42 Å². The zero-order valence-electron chi connectivity index (χ0n) is 7.24. The summed E-state index contributed by atoms with van der Waals surface area (Å²) in [6, 6.07) is 6.89. The molecule has 0 heterocycles. The summed E-state index contributed by atoms with van der Waals surface area (Å²) < 4.78 is 0.461. The van der Waals surface area contributed by atoms with Gasteiger partial charge in [-0.25, -0.2) is 0 Å². The van der Waals surface area contributed by atoms with Crippen LogP contribution in [0.15, 0.2) is 22.7 Å². The van der Waals surface area contributed by atoms with Crippen LogP contribution >= 0.6 is 15.9 Å². The number of aryl methyl sites for hydroxylation is 1. The van der Waals surface area contributed by atoms with Gasteiger partial charge in [-0.05, 0) is 34.0 Å². The molecule has 0 spiro atoms. The molecular weight excluding hydrogens is 248 g/mol. The lowest BCUT2D eigenvalue weighted by atomic mass is 10.1. The maximum absolute atomic E-state index is 10.6. The Balaban J connectivity index is 2.96. The van der Waals surface area contributed by atoms with Gasteiger partial charge in [0.05, 0.1) is 15.5 Å². The molecule has 0 bridgehead atoms. The van der Waals surface area contributed by atoms with E-state index in [2.05, 4.69) is 15.9 Å². The average molecular weight is 255 g/mol. The van der Waals surface area contributed by atoms with Crippen LogP contribution in [0.1, 0.15) is 12.0 Å². The Hall–Kier alpha value is -1.41. The summed E-state index contributed by atoms with van der Waals surface area (Å²) in [5.41, 5.74) is 0.849. The molecule has 14 heavy (non-hydrogen) atoms. The minimum atomic E-state index is -0.444. The summed E-state index contributed by atoms with van der Waals surface area (Å²) in [7, 11) is 0. The lowest BCUT2D eigenvalue weighted by Gasteiger charge is -1.99. The van der Waals surface area contributed by atoms with Crippen LogP contribution in [-0.4, -0.2) is 4.92 Å². The minimum absolute atomic E-state index is 0.0421. The second kappa shape index (κ2) is 4.72. The van der Waals surface area contributed by atoms with Gasteiger partial charge in [-0.15, -0.1) is 0 Å². The third kappa shape index (κ3) is 2.54. The van der Waals surface area contributed by atoms with E-state index in [4.69, 9.17) is 5.26 Å². The second-order valence-corrected chi connectivity index (χ2v) is 3.56. The fourth-order valence-electron chi connectivity index (χ4n) is 1.05. The van der Waals surface area contributed by atoms with Crippen molar-refractivity contribution in [2.24, 2.45) is 0 Å². The van der Waals surface area contributed by atoms with Crippen LogP contribution in [0.5, 0.6) is 0 Å². The van der Waals surface area contributed by atoms with Crippen molar-refractivity contribution in [3.05, 3.63) is 38.3 Å². The number of hydrogen-bond donors (Lipinski definition) is 0. The molecule has 5 heteroatoms. The quantitative estimate of drug-likeness (QED) is 0.616. The van der Waals surface area contributed by atoms with E-state index in [0.717, 1.165) is 5.56 Å². The smallest absolute Gasteiger partial charge is 0.258 e. The predicted octanol–water partition coefficient (Wildman–Crippen LogP) is 2.81. The molecule has 0 N–H and O–H groups in total. The zero-order chi connectivity index (χ0) is 10.6. The molecule has 0 fully saturated rings. The summed E-state index contributed by atoms with van der Waals surface area (Å²) in [5, 5.41) is 18.9. The number of benzene rings is 1. The first kappa shape index (κ1) is 10.7. The van der Waals surface area contributed by atoms with Gasteiger partial charge in [0.25, 0.3) is 5.69 Å². The van der Waals surface area contributed by atoms with Crippen LogP contribution < -0.4 is 0 Å². The lowest BCUT2D eigenvalue weighted by molar-refractivity contribution is -0.385. The number of nitro groups is 1. The topological polar surface area (TPSA) is 66.9 Å². The van der Waals surface area contributed by atoms with Crippen molar-refractivity contribution in [1.29, 1.82) is 5.26 Å². The molecule has 1 rings (SSSR count). The number of nitrogens with zero attached hydrogens (tertiary/aromatic N) is 2. The summed E-state index contributed by atoms with van der Waals surface area (Å²) in [4.78, 5) is 10.1. The van der Waals surface area contributed by atoms with E-state index in [1.54, 1.807) is 12.1 Å². The van der Waals surface area contributed by atoms with Crippen molar-refractivity contribution >= 4 is 21.6 Å². The first-order valence-corrected chi connectivity index (χ1v) is 4.74. The molecule has 0 saturated heterocycles. The molecule has 0 radical (unpaired) electrons. The molecule has 0 amide bonds. The summed E-state index contributed by atoms with van der Waals surface area (Å²) in [6.07, 6.45) is 0.920. The van der Waals surface area contributed by atoms with Gasteiger partial charge in [0, 0.05) is 12.5 Å². The van der Waals surface area contributed by atoms with Crippen LogP contribution in [0, 0.1) is 21.4 Å². The predicted molar refractivity (Wildman–Crippen MR) is 54.7 cm³/mol. The SMILES string of the molecule is N#CCCc1ccc(Br)c([N+](=O)[O-])c1. The van der Waals surface area contributed by atoms with E-state index in [0.29, 0.717) is 17.3 Å². The van der Waals surface area contributed by atoms with Crippen molar-refractivity contribution in [3.63, 3.8) is 0 Å². The Bertz CT molecular complexity index is 398. The third-order valence-electron chi connectivity index (χ3n) is 1.73. The van der Waals surface area contributed by atoms with Crippen molar-refractivity contribution in [2.45, 2.75) is 12.8 Å². The molecule has 0 saturated carbocycles. The zero-order valence-corrected chi connectivity index (χ0v) is 8.82. The van der Waals surface area contributed by atoms with Gasteiger partial charge in [-0.2, -0.15) is 5.26 Å². The van der Waals surface area contributed by atoms with Crippen molar-refractivity contribution in [2.75, 3.05) is 0 Å². The molecule has 1 aromatic rings. The maximum atomic E-state index is 10.6. The number of nitro benzene ring substituents is 1. The van der Waals surface area contributed by atoms with Gasteiger partial charge in [-0.1, -0.05) is 6.07 Å². The van der Waals surface area contributed by atoms with Crippen molar-refractivity contribution in [1.82, 2.24) is 0 Å². The standard InChI is InChI=1S/C9H7BrN2O2/c10-8-4-3-7(2-1-5-11)6-9(8)12(13)14/h3-4,6H,1-2H2. The van der Waals surface area contributed by atoms with Crippen LogP contribution in [0.3, 0.4) is 0 Å². The normalized spacial score (nSPS) is 9.43. The minimum Gasteiger partial charge on any atom is -0.258 e. The first-order valence-electron chi connectivity index (χ1n) is 3.95. The molecule has 0 aliphatic carbocycles. The van der Waals surface area contributed by atoms with Crippen LogP contribution in [0.2, 0.25) is 0 Å². The monoisotopic (exact) mass is 254 g/mol. The highest BCUT2D eigenvalue weighted by atomic mass is 79.9. The Morgan fingerprint density at radius 1 is 1.57 bits per heavy atom. The first-order chi connectivity index (χ1) is 6.65. The van der Waals surface area contributed by atoms with Crippen LogP contribution in [0.4, 0.5) is 5.69 Å². The van der Waals surface area contributed by atoms with Gasteiger partial charge in [-0.3, -0.25) is 10.1 Å². The van der Waals surface area contributed by atoms with E-state index >= 15 is 0 Å². The average Bonchev–Trinajstić information content (AvgIpc) is 2.16. The van der Waals surface area contributed by atoms with E-state index in [-0.39, 0.29) is 5.69 Å². The van der Waals surface area contributed by atoms with Gasteiger partial charge in [0.1, 0.15) is 0 Å². The fraction of sp³-hybridized carbons (Fsp3) is 0.222. The number of rotatable bonds is 3. The highest BCUT2D eigenvalue weighted by Crippen LogP contribution is 2.25. The summed E-state index contributed by atoms with van der Waals surface area (Å²) >= 11 is 3.09. The molecule has 72 valence electrons. The summed E-state index contributed by atoms with van der Waals surface area (Å²) in [5.74, 6) is 0. The van der Waals surface area contributed by atoms with E-state index in [9.17, 15) is 10.1 Å². The third-order valence-corrected chi connectivity index (χ3v) is 2.40. The highest BCUT2D eigenvalue weighted by Gasteiger charge is 2.11. The number of nitriles is 1. The highest BCUT2D eigenvalue weighted by molar-refractivity contribution is 9.10.